The molecule has 0 atom stereocenters. The third-order valence-electron chi connectivity index (χ3n) is 3.21. The van der Waals surface area contributed by atoms with E-state index in [-0.39, 0.29) is 27.3 Å². The van der Waals surface area contributed by atoms with Gasteiger partial charge in [-0.1, -0.05) is 17.7 Å². The van der Waals surface area contributed by atoms with Gasteiger partial charge < -0.3 is 10.4 Å². The van der Waals surface area contributed by atoms with Crippen LogP contribution in [-0.4, -0.2) is 18.7 Å². The summed E-state index contributed by atoms with van der Waals surface area (Å²) in [5.41, 5.74) is 1.05. The number of sulfonamides is 1. The number of hydrogen-bond donors (Lipinski definition) is 2. The maximum atomic E-state index is 12.4. The van der Waals surface area contributed by atoms with Gasteiger partial charge in [0.05, 0.1) is 10.6 Å². The zero-order valence-corrected chi connectivity index (χ0v) is 12.6. The number of hydrogen-bond acceptors (Lipinski definition) is 6. The lowest BCUT2D eigenvalue weighted by atomic mass is 10.2. The Hall–Kier alpha value is -3.01. The SMILES string of the molecule is Cc1ccc(S(=O)(=O)Nc2ccc(=[N+]([O-])[O-])c3no[nH]c2-3)cc1. The van der Waals surface area contributed by atoms with Gasteiger partial charge in [-0.15, -0.1) is 0 Å². The van der Waals surface area contributed by atoms with Gasteiger partial charge in [-0.05, 0) is 30.3 Å². The summed E-state index contributed by atoms with van der Waals surface area (Å²) < 4.78 is 31.8. The van der Waals surface area contributed by atoms with E-state index in [2.05, 4.69) is 19.7 Å². The zero-order chi connectivity index (χ0) is 16.6. The number of aromatic nitrogens is 2. The van der Waals surface area contributed by atoms with Crippen molar-refractivity contribution in [2.24, 2.45) is 0 Å². The van der Waals surface area contributed by atoms with E-state index in [1.54, 1.807) is 12.1 Å². The first kappa shape index (κ1) is 14.9. The lowest BCUT2D eigenvalue weighted by Gasteiger charge is -2.10. The highest BCUT2D eigenvalue weighted by atomic mass is 32.2. The third-order valence-corrected chi connectivity index (χ3v) is 4.59. The van der Waals surface area contributed by atoms with Crippen LogP contribution in [-0.2, 0) is 10.0 Å². The van der Waals surface area contributed by atoms with Crippen molar-refractivity contribution in [2.75, 3.05) is 4.72 Å². The number of aryl methyl sites for hydroxylation is 1. The van der Waals surface area contributed by atoms with Gasteiger partial charge in [-0.2, -0.15) is 10.1 Å². The van der Waals surface area contributed by atoms with Crippen molar-refractivity contribution in [3.8, 4) is 11.4 Å². The molecule has 2 N–H and O–H groups in total. The standard InChI is InChI=1S/C13H11N4O5S/c1-8-2-4-9(5-3-8)23(20,21)16-10-6-7-11(17(18)19)13-12(10)14-22-15-13/h2-7,14,16H,1H3/q-1. The summed E-state index contributed by atoms with van der Waals surface area (Å²) in [6.45, 7) is 1.84. The third kappa shape index (κ3) is 2.71. The van der Waals surface area contributed by atoms with Crippen molar-refractivity contribution in [2.45, 2.75) is 11.8 Å². The molecule has 10 heteroatoms. The molecular weight excluding hydrogens is 324 g/mol. The van der Waals surface area contributed by atoms with Gasteiger partial charge in [0.2, 0.25) is 5.69 Å². The molecule has 0 fully saturated rings. The van der Waals surface area contributed by atoms with Gasteiger partial charge in [-0.3, -0.25) is 9.35 Å². The summed E-state index contributed by atoms with van der Waals surface area (Å²) in [6, 6.07) is 8.72. The molecule has 0 saturated carbocycles. The molecule has 2 aliphatic rings. The Morgan fingerprint density at radius 1 is 1.17 bits per heavy atom. The molecule has 1 aromatic rings. The molecule has 120 valence electrons. The Bertz CT molecular complexity index is 984. The van der Waals surface area contributed by atoms with Crippen LogP contribution >= 0.6 is 0 Å². The second-order valence-electron chi connectivity index (χ2n) is 4.82. The Kier molecular flexibility index (Phi) is 3.45. The van der Waals surface area contributed by atoms with Crippen molar-refractivity contribution in [3.05, 3.63) is 57.7 Å². The largest absolute Gasteiger partial charge is 0.612 e. The van der Waals surface area contributed by atoms with E-state index in [0.29, 0.717) is 0 Å². The normalized spacial score (nSPS) is 11.5. The van der Waals surface area contributed by atoms with Crippen LogP contribution in [0.2, 0.25) is 0 Å². The van der Waals surface area contributed by atoms with Crippen molar-refractivity contribution in [3.63, 3.8) is 0 Å². The van der Waals surface area contributed by atoms with Gasteiger partial charge in [0.25, 0.3) is 15.4 Å². The maximum absolute atomic E-state index is 12.4. The zero-order valence-electron chi connectivity index (χ0n) is 11.8. The number of fused-ring (bicyclic) bond motifs is 1. The smallest absolute Gasteiger partial charge is 0.261 e. The summed E-state index contributed by atoms with van der Waals surface area (Å²) >= 11 is 0. The van der Waals surface area contributed by atoms with Crippen LogP contribution in [0.25, 0.3) is 11.4 Å². The fraction of sp³-hybridized carbons (Fsp3) is 0.0769. The number of H-pyrrole nitrogens is 1. The summed E-state index contributed by atoms with van der Waals surface area (Å²) in [5.74, 6) is 0. The van der Waals surface area contributed by atoms with E-state index in [1.165, 1.54) is 18.2 Å². The Labute approximate surface area is 130 Å². The highest BCUT2D eigenvalue weighted by molar-refractivity contribution is 7.92. The van der Waals surface area contributed by atoms with Crippen LogP contribution < -0.4 is 15.0 Å². The topological polar surface area (TPSA) is 137 Å². The average Bonchev–Trinajstić information content (AvgIpc) is 2.97. The number of anilines is 1. The summed E-state index contributed by atoms with van der Waals surface area (Å²) in [5, 5.41) is 27.4. The van der Waals surface area contributed by atoms with Crippen LogP contribution in [0, 0.1) is 17.3 Å². The summed E-state index contributed by atoms with van der Waals surface area (Å²) in [7, 11) is -3.84. The molecular formula is C13H11N4O5S-. The molecule has 23 heavy (non-hydrogen) atoms. The molecule has 0 aromatic heterocycles. The van der Waals surface area contributed by atoms with E-state index < -0.39 is 14.9 Å². The second-order valence-corrected chi connectivity index (χ2v) is 6.50. The minimum Gasteiger partial charge on any atom is -0.612 e. The van der Waals surface area contributed by atoms with E-state index in [9.17, 15) is 18.8 Å². The Balaban J connectivity index is 2.06. The lowest BCUT2D eigenvalue weighted by Crippen LogP contribution is -2.23. The molecule has 1 aromatic carbocycles. The Morgan fingerprint density at radius 3 is 2.52 bits per heavy atom. The first-order chi connectivity index (χ1) is 10.9. The van der Waals surface area contributed by atoms with Crippen molar-refractivity contribution >= 4 is 15.7 Å². The van der Waals surface area contributed by atoms with E-state index >= 15 is 0 Å². The fourth-order valence-corrected chi connectivity index (χ4v) is 3.12. The summed E-state index contributed by atoms with van der Waals surface area (Å²) in [4.78, 5) is -0.553. The molecule has 0 radical (unpaired) electrons. The van der Waals surface area contributed by atoms with Crippen molar-refractivity contribution < 1.29 is 13.0 Å². The van der Waals surface area contributed by atoms with Gasteiger partial charge in [0.1, 0.15) is 5.69 Å². The van der Waals surface area contributed by atoms with Crippen LogP contribution in [0.1, 0.15) is 5.56 Å². The van der Waals surface area contributed by atoms with Gasteiger partial charge in [-0.25, -0.2) is 8.42 Å². The minimum atomic E-state index is -3.84. The van der Waals surface area contributed by atoms with Gasteiger partial charge in [0.15, 0.2) is 0 Å². The van der Waals surface area contributed by atoms with Crippen LogP contribution in [0.3, 0.4) is 0 Å². The van der Waals surface area contributed by atoms with Crippen LogP contribution in [0.5, 0.6) is 0 Å². The molecule has 1 aliphatic carbocycles. The lowest BCUT2D eigenvalue weighted by molar-refractivity contribution is 0.312. The fourth-order valence-electron chi connectivity index (χ4n) is 2.04. The Morgan fingerprint density at radius 2 is 1.87 bits per heavy atom. The molecule has 0 unspecified atom stereocenters. The average molecular weight is 335 g/mol. The molecule has 0 spiro atoms. The quantitative estimate of drug-likeness (QED) is 0.685. The molecule has 9 nitrogen and oxygen atoms in total. The second kappa shape index (κ2) is 5.32. The van der Waals surface area contributed by atoms with Gasteiger partial charge >= 0.3 is 0 Å². The number of nitrogens with zero attached hydrogens (tertiary/aromatic N) is 2. The minimum absolute atomic E-state index is 0.0703. The number of nitrogens with one attached hydrogen (secondary N) is 2. The predicted octanol–water partition coefficient (Wildman–Crippen LogP) is 0.985. The molecule has 0 saturated heterocycles. The van der Waals surface area contributed by atoms with Gasteiger partial charge in [0, 0.05) is 6.07 Å². The summed E-state index contributed by atoms with van der Waals surface area (Å²) in [6.07, 6.45) is 0. The first-order valence-electron chi connectivity index (χ1n) is 6.42. The molecule has 0 amide bonds. The number of rotatable bonds is 3. The van der Waals surface area contributed by atoms with E-state index in [1.807, 2.05) is 6.92 Å². The predicted molar refractivity (Wildman–Crippen MR) is 81.5 cm³/mol. The molecule has 1 heterocycles. The van der Waals surface area contributed by atoms with Crippen LogP contribution in [0.15, 0.2) is 45.9 Å². The first-order valence-corrected chi connectivity index (χ1v) is 7.91. The number of benzene rings is 2. The van der Waals surface area contributed by atoms with E-state index in [4.69, 9.17) is 0 Å². The van der Waals surface area contributed by atoms with E-state index in [0.717, 1.165) is 11.6 Å². The van der Waals surface area contributed by atoms with Crippen molar-refractivity contribution in [1.82, 2.24) is 15.2 Å². The highest BCUT2D eigenvalue weighted by Crippen LogP contribution is 2.25. The van der Waals surface area contributed by atoms with Crippen molar-refractivity contribution in [1.29, 1.82) is 0 Å². The highest BCUT2D eigenvalue weighted by Gasteiger charge is 2.22. The molecule has 0 bridgehead atoms. The molecule has 3 rings (SSSR count). The van der Waals surface area contributed by atoms with Crippen LogP contribution in [0.4, 0.5) is 5.69 Å². The monoisotopic (exact) mass is 335 g/mol. The number of aromatic amines is 1. The maximum Gasteiger partial charge on any atom is 0.261 e. The molecule has 1 aliphatic heterocycles.